The van der Waals surface area contributed by atoms with E-state index in [0.717, 1.165) is 6.54 Å². The van der Waals surface area contributed by atoms with Crippen LogP contribution in [-0.4, -0.2) is 21.9 Å². The molecule has 0 aromatic carbocycles. The van der Waals surface area contributed by atoms with E-state index in [4.69, 9.17) is 0 Å². The molecule has 0 aliphatic carbocycles. The second kappa shape index (κ2) is 5.55. The van der Waals surface area contributed by atoms with Crippen molar-refractivity contribution in [3.8, 4) is 0 Å². The molecule has 17 heavy (non-hydrogen) atoms. The van der Waals surface area contributed by atoms with Gasteiger partial charge in [-0.05, 0) is 43.3 Å². The molecule has 2 heterocycles. The maximum atomic E-state index is 4.16. The number of pyridine rings is 2. The largest absolute Gasteiger partial charge is 0.295 e. The van der Waals surface area contributed by atoms with Gasteiger partial charge in [0.1, 0.15) is 0 Å². The predicted molar refractivity (Wildman–Crippen MR) is 68.4 cm³/mol. The van der Waals surface area contributed by atoms with Crippen LogP contribution in [-0.2, 0) is 6.54 Å². The Morgan fingerprint density at radius 2 is 1.88 bits per heavy atom. The monoisotopic (exact) mass is 227 g/mol. The van der Waals surface area contributed by atoms with E-state index in [1.165, 1.54) is 11.1 Å². The van der Waals surface area contributed by atoms with Gasteiger partial charge < -0.3 is 0 Å². The molecule has 0 spiro atoms. The van der Waals surface area contributed by atoms with Crippen LogP contribution in [0.3, 0.4) is 0 Å². The molecule has 0 amide bonds. The van der Waals surface area contributed by atoms with Gasteiger partial charge in [0, 0.05) is 37.4 Å². The summed E-state index contributed by atoms with van der Waals surface area (Å²) in [7, 11) is 2.12. The predicted octanol–water partition coefficient (Wildman–Crippen LogP) is 2.67. The zero-order valence-electron chi connectivity index (χ0n) is 10.2. The fourth-order valence-electron chi connectivity index (χ4n) is 1.79. The third kappa shape index (κ3) is 3.11. The van der Waals surface area contributed by atoms with Gasteiger partial charge >= 0.3 is 0 Å². The van der Waals surface area contributed by atoms with E-state index >= 15 is 0 Å². The average molecular weight is 227 g/mol. The summed E-state index contributed by atoms with van der Waals surface area (Å²) >= 11 is 0. The molecular formula is C14H17N3. The molecule has 88 valence electrons. The fraction of sp³-hybridized carbons (Fsp3) is 0.286. The molecule has 0 aliphatic heterocycles. The quantitative estimate of drug-likeness (QED) is 0.804. The summed E-state index contributed by atoms with van der Waals surface area (Å²) in [5, 5.41) is 0. The topological polar surface area (TPSA) is 29.0 Å². The normalized spacial score (nSPS) is 12.6. The molecule has 0 saturated carbocycles. The van der Waals surface area contributed by atoms with Crippen molar-refractivity contribution in [1.29, 1.82) is 0 Å². The lowest BCUT2D eigenvalue weighted by molar-refractivity contribution is 0.252. The van der Waals surface area contributed by atoms with Gasteiger partial charge in [0.2, 0.25) is 0 Å². The van der Waals surface area contributed by atoms with Crippen LogP contribution in [0.2, 0.25) is 0 Å². The smallest absolute Gasteiger partial charge is 0.0335 e. The lowest BCUT2D eigenvalue weighted by Gasteiger charge is -2.24. The van der Waals surface area contributed by atoms with Gasteiger partial charge in [-0.25, -0.2) is 0 Å². The van der Waals surface area contributed by atoms with E-state index in [2.05, 4.69) is 34.9 Å². The van der Waals surface area contributed by atoms with E-state index in [1.807, 2.05) is 36.8 Å². The highest BCUT2D eigenvalue weighted by Gasteiger charge is 2.11. The van der Waals surface area contributed by atoms with Gasteiger partial charge in [0.15, 0.2) is 0 Å². The first-order valence-corrected chi connectivity index (χ1v) is 5.76. The summed E-state index contributed by atoms with van der Waals surface area (Å²) in [6, 6.07) is 8.54. The summed E-state index contributed by atoms with van der Waals surface area (Å²) in [6.07, 6.45) is 7.39. The van der Waals surface area contributed by atoms with Crippen LogP contribution < -0.4 is 0 Å². The molecule has 0 unspecified atom stereocenters. The minimum Gasteiger partial charge on any atom is -0.295 e. The minimum absolute atomic E-state index is 0.358. The van der Waals surface area contributed by atoms with Crippen LogP contribution in [0.4, 0.5) is 0 Å². The summed E-state index contributed by atoms with van der Waals surface area (Å²) in [5.74, 6) is 0. The Kier molecular flexibility index (Phi) is 3.83. The second-order valence-corrected chi connectivity index (χ2v) is 4.23. The SMILES string of the molecule is C[C@H](c1cccnc1)N(C)Cc1ccncc1. The van der Waals surface area contributed by atoms with Crippen LogP contribution in [0.25, 0.3) is 0 Å². The van der Waals surface area contributed by atoms with Crippen molar-refractivity contribution in [2.24, 2.45) is 0 Å². The van der Waals surface area contributed by atoms with Crippen molar-refractivity contribution < 1.29 is 0 Å². The Labute approximate surface area is 102 Å². The number of rotatable bonds is 4. The lowest BCUT2D eigenvalue weighted by atomic mass is 10.1. The van der Waals surface area contributed by atoms with Crippen molar-refractivity contribution in [2.75, 3.05) is 7.05 Å². The molecule has 3 heteroatoms. The van der Waals surface area contributed by atoms with E-state index in [-0.39, 0.29) is 0 Å². The Hall–Kier alpha value is -1.74. The zero-order chi connectivity index (χ0) is 12.1. The molecule has 0 aliphatic rings. The van der Waals surface area contributed by atoms with Crippen LogP contribution in [0.1, 0.15) is 24.1 Å². The van der Waals surface area contributed by atoms with Gasteiger partial charge in [0.05, 0.1) is 0 Å². The molecular weight excluding hydrogens is 210 g/mol. The van der Waals surface area contributed by atoms with Crippen molar-refractivity contribution in [3.63, 3.8) is 0 Å². The van der Waals surface area contributed by atoms with E-state index in [0.29, 0.717) is 6.04 Å². The van der Waals surface area contributed by atoms with Crippen molar-refractivity contribution in [2.45, 2.75) is 19.5 Å². The molecule has 0 bridgehead atoms. The summed E-state index contributed by atoms with van der Waals surface area (Å²) < 4.78 is 0. The highest BCUT2D eigenvalue weighted by Crippen LogP contribution is 2.19. The summed E-state index contributed by atoms with van der Waals surface area (Å²) in [5.41, 5.74) is 2.52. The number of aromatic nitrogens is 2. The minimum atomic E-state index is 0.358. The van der Waals surface area contributed by atoms with Gasteiger partial charge in [-0.1, -0.05) is 6.07 Å². The molecule has 2 aromatic heterocycles. The Morgan fingerprint density at radius 3 is 2.53 bits per heavy atom. The average Bonchev–Trinajstić information content (AvgIpc) is 2.40. The zero-order valence-corrected chi connectivity index (χ0v) is 10.2. The third-order valence-electron chi connectivity index (χ3n) is 3.01. The lowest BCUT2D eigenvalue weighted by Crippen LogP contribution is -2.21. The Bertz CT molecular complexity index is 442. The van der Waals surface area contributed by atoms with Crippen molar-refractivity contribution in [1.82, 2.24) is 14.9 Å². The first-order chi connectivity index (χ1) is 8.27. The molecule has 2 rings (SSSR count). The number of hydrogen-bond donors (Lipinski definition) is 0. The maximum absolute atomic E-state index is 4.16. The Morgan fingerprint density at radius 1 is 1.12 bits per heavy atom. The molecule has 0 fully saturated rings. The Balaban J connectivity index is 2.03. The van der Waals surface area contributed by atoms with Crippen LogP contribution in [0.5, 0.6) is 0 Å². The number of hydrogen-bond acceptors (Lipinski definition) is 3. The van der Waals surface area contributed by atoms with Gasteiger partial charge in [0.25, 0.3) is 0 Å². The maximum Gasteiger partial charge on any atom is 0.0335 e. The van der Waals surface area contributed by atoms with Crippen LogP contribution in [0, 0.1) is 0 Å². The van der Waals surface area contributed by atoms with Crippen molar-refractivity contribution >= 4 is 0 Å². The number of nitrogens with zero attached hydrogens (tertiary/aromatic N) is 3. The first-order valence-electron chi connectivity index (χ1n) is 5.76. The van der Waals surface area contributed by atoms with E-state index < -0.39 is 0 Å². The first kappa shape index (κ1) is 11.7. The van der Waals surface area contributed by atoms with E-state index in [1.54, 1.807) is 6.20 Å². The summed E-state index contributed by atoms with van der Waals surface area (Å²) in [4.78, 5) is 10.5. The second-order valence-electron chi connectivity index (χ2n) is 4.23. The van der Waals surface area contributed by atoms with Crippen LogP contribution >= 0.6 is 0 Å². The fourth-order valence-corrected chi connectivity index (χ4v) is 1.79. The molecule has 0 radical (unpaired) electrons. The third-order valence-corrected chi connectivity index (χ3v) is 3.01. The highest BCUT2D eigenvalue weighted by atomic mass is 15.1. The van der Waals surface area contributed by atoms with Crippen molar-refractivity contribution in [3.05, 3.63) is 60.2 Å². The summed E-state index contributed by atoms with van der Waals surface area (Å²) in [6.45, 7) is 3.11. The van der Waals surface area contributed by atoms with Gasteiger partial charge in [-0.2, -0.15) is 0 Å². The van der Waals surface area contributed by atoms with E-state index in [9.17, 15) is 0 Å². The van der Waals surface area contributed by atoms with Crippen LogP contribution in [0.15, 0.2) is 49.1 Å². The molecule has 3 nitrogen and oxygen atoms in total. The van der Waals surface area contributed by atoms with Gasteiger partial charge in [-0.15, -0.1) is 0 Å². The molecule has 2 aromatic rings. The standard InChI is InChI=1S/C14H17N3/c1-12(14-4-3-7-16-10-14)17(2)11-13-5-8-15-9-6-13/h3-10,12H,11H2,1-2H3/t12-/m1/s1. The molecule has 0 saturated heterocycles. The highest BCUT2D eigenvalue weighted by molar-refractivity contribution is 5.14. The van der Waals surface area contributed by atoms with Gasteiger partial charge in [-0.3, -0.25) is 14.9 Å². The molecule has 1 atom stereocenters. The molecule has 0 N–H and O–H groups in total.